The predicted octanol–water partition coefficient (Wildman–Crippen LogP) is 2.72. The highest BCUT2D eigenvalue weighted by Gasteiger charge is 2.44. The standard InChI is InChI=1S/C18H17ClN4O2S/c1-18(2)13(7-20)16(25)23-17(14(18)8-21)26-10-15(24)22-9-11-3-5-12(19)6-4-11/h3-6,13H,9-10H2,1-2H3,(H,22,24)(H,23,25)/t13-/m1/s1. The summed E-state index contributed by atoms with van der Waals surface area (Å²) in [6.07, 6.45) is 0. The fourth-order valence-corrected chi connectivity index (χ4v) is 3.66. The van der Waals surface area contributed by atoms with Crippen molar-refractivity contribution < 1.29 is 9.59 Å². The Morgan fingerprint density at radius 1 is 1.35 bits per heavy atom. The van der Waals surface area contributed by atoms with Crippen molar-refractivity contribution in [1.82, 2.24) is 10.6 Å². The van der Waals surface area contributed by atoms with Crippen LogP contribution in [0.1, 0.15) is 19.4 Å². The van der Waals surface area contributed by atoms with E-state index in [-0.39, 0.29) is 11.7 Å². The normalized spacial score (nSPS) is 18.5. The molecule has 2 amide bonds. The van der Waals surface area contributed by atoms with Gasteiger partial charge in [0.2, 0.25) is 11.8 Å². The Morgan fingerprint density at radius 2 is 2.00 bits per heavy atom. The minimum Gasteiger partial charge on any atom is -0.351 e. The Morgan fingerprint density at radius 3 is 2.58 bits per heavy atom. The number of benzene rings is 1. The van der Waals surface area contributed by atoms with Gasteiger partial charge in [0.25, 0.3) is 0 Å². The van der Waals surface area contributed by atoms with Crippen molar-refractivity contribution in [2.75, 3.05) is 5.75 Å². The molecule has 0 saturated carbocycles. The molecule has 1 aromatic rings. The average Bonchev–Trinajstić information content (AvgIpc) is 2.59. The van der Waals surface area contributed by atoms with Gasteiger partial charge in [-0.15, -0.1) is 0 Å². The first-order chi connectivity index (χ1) is 12.3. The van der Waals surface area contributed by atoms with E-state index in [1.54, 1.807) is 26.0 Å². The van der Waals surface area contributed by atoms with Crippen molar-refractivity contribution in [3.8, 4) is 12.1 Å². The number of allylic oxidation sites excluding steroid dienone is 1. The maximum atomic E-state index is 12.1. The highest BCUT2D eigenvalue weighted by Crippen LogP contribution is 2.41. The number of halogens is 1. The summed E-state index contributed by atoms with van der Waals surface area (Å²) in [5.74, 6) is -1.59. The second kappa shape index (κ2) is 8.27. The van der Waals surface area contributed by atoms with Gasteiger partial charge in [0.05, 0.1) is 28.5 Å². The molecule has 0 aromatic heterocycles. The predicted molar refractivity (Wildman–Crippen MR) is 99.4 cm³/mol. The molecular weight excluding hydrogens is 372 g/mol. The summed E-state index contributed by atoms with van der Waals surface area (Å²) < 4.78 is 0. The van der Waals surface area contributed by atoms with E-state index in [4.69, 9.17) is 11.6 Å². The minimum atomic E-state index is -0.944. The van der Waals surface area contributed by atoms with Crippen molar-refractivity contribution in [3.63, 3.8) is 0 Å². The monoisotopic (exact) mass is 388 g/mol. The van der Waals surface area contributed by atoms with E-state index in [1.165, 1.54) is 0 Å². The maximum absolute atomic E-state index is 12.1. The van der Waals surface area contributed by atoms with Crippen molar-refractivity contribution in [3.05, 3.63) is 45.5 Å². The molecule has 0 saturated heterocycles. The Hall–Kier alpha value is -2.48. The van der Waals surface area contributed by atoms with E-state index in [0.717, 1.165) is 17.3 Å². The number of nitrogens with one attached hydrogen (secondary N) is 2. The Bertz CT molecular complexity index is 834. The minimum absolute atomic E-state index is 0.0433. The van der Waals surface area contributed by atoms with Crippen LogP contribution in [0.25, 0.3) is 0 Å². The highest BCUT2D eigenvalue weighted by atomic mass is 35.5. The molecule has 2 N–H and O–H groups in total. The number of amides is 2. The van der Waals surface area contributed by atoms with Gasteiger partial charge >= 0.3 is 0 Å². The number of rotatable bonds is 5. The lowest BCUT2D eigenvalue weighted by Crippen LogP contribution is -2.44. The molecule has 1 aliphatic rings. The third-order valence-electron chi connectivity index (χ3n) is 4.08. The van der Waals surface area contributed by atoms with E-state index in [2.05, 4.69) is 16.7 Å². The molecule has 6 nitrogen and oxygen atoms in total. The molecule has 0 radical (unpaired) electrons. The van der Waals surface area contributed by atoms with E-state index in [9.17, 15) is 20.1 Å². The Kier molecular flexibility index (Phi) is 6.31. The number of carbonyl (C=O) groups is 2. The van der Waals surface area contributed by atoms with Gasteiger partial charge in [-0.05, 0) is 17.7 Å². The number of nitriles is 2. The molecule has 0 aliphatic carbocycles. The zero-order chi connectivity index (χ0) is 19.3. The molecule has 26 heavy (non-hydrogen) atoms. The van der Waals surface area contributed by atoms with Crippen LogP contribution in [0.3, 0.4) is 0 Å². The van der Waals surface area contributed by atoms with Gasteiger partial charge in [-0.25, -0.2) is 0 Å². The summed E-state index contributed by atoms with van der Waals surface area (Å²) in [4.78, 5) is 24.1. The molecule has 2 rings (SSSR count). The first-order valence-corrected chi connectivity index (χ1v) is 9.15. The lowest BCUT2D eigenvalue weighted by molar-refractivity contribution is -0.125. The van der Waals surface area contributed by atoms with Gasteiger partial charge in [0.15, 0.2) is 0 Å². The van der Waals surface area contributed by atoms with Gasteiger partial charge in [-0.2, -0.15) is 10.5 Å². The highest BCUT2D eigenvalue weighted by molar-refractivity contribution is 8.03. The van der Waals surface area contributed by atoms with Crippen molar-refractivity contribution >= 4 is 35.2 Å². The SMILES string of the molecule is CC1(C)C(C#N)=C(SCC(=O)NCc2ccc(Cl)cc2)NC(=O)[C@H]1C#N. The maximum Gasteiger partial charge on any atom is 0.243 e. The zero-order valence-electron chi connectivity index (χ0n) is 14.3. The van der Waals surface area contributed by atoms with Crippen molar-refractivity contribution in [2.45, 2.75) is 20.4 Å². The molecule has 1 aromatic carbocycles. The number of carbonyl (C=O) groups excluding carboxylic acids is 2. The fraction of sp³-hybridized carbons (Fsp3) is 0.333. The second-order valence-corrected chi connectivity index (χ2v) is 7.70. The van der Waals surface area contributed by atoms with Crippen LogP contribution in [0.15, 0.2) is 34.9 Å². The van der Waals surface area contributed by atoms with Gasteiger partial charge in [-0.1, -0.05) is 49.3 Å². The number of nitrogens with zero attached hydrogens (tertiary/aromatic N) is 2. The van der Waals surface area contributed by atoms with Crippen LogP contribution in [-0.4, -0.2) is 17.6 Å². The van der Waals surface area contributed by atoms with Crippen LogP contribution in [0.4, 0.5) is 0 Å². The Labute approximate surface area is 161 Å². The van der Waals surface area contributed by atoms with E-state index >= 15 is 0 Å². The van der Waals surface area contributed by atoms with Gasteiger partial charge in [0.1, 0.15) is 5.92 Å². The first kappa shape index (κ1) is 19.8. The third-order valence-corrected chi connectivity index (χ3v) is 5.34. The van der Waals surface area contributed by atoms with Gasteiger partial charge < -0.3 is 10.6 Å². The summed E-state index contributed by atoms with van der Waals surface area (Å²) in [7, 11) is 0. The summed E-state index contributed by atoms with van der Waals surface area (Å²) in [6, 6.07) is 11.1. The average molecular weight is 389 g/mol. The lowest BCUT2D eigenvalue weighted by atomic mass is 9.72. The number of thioether (sulfide) groups is 1. The van der Waals surface area contributed by atoms with Crippen LogP contribution >= 0.6 is 23.4 Å². The van der Waals surface area contributed by atoms with Crippen molar-refractivity contribution in [1.29, 1.82) is 10.5 Å². The Balaban J connectivity index is 2.01. The summed E-state index contributed by atoms with van der Waals surface area (Å²) in [5, 5.41) is 24.9. The topological polar surface area (TPSA) is 106 Å². The molecule has 0 fully saturated rings. The summed E-state index contributed by atoms with van der Waals surface area (Å²) >= 11 is 6.89. The fourth-order valence-electron chi connectivity index (χ4n) is 2.53. The van der Waals surface area contributed by atoms with E-state index < -0.39 is 17.2 Å². The van der Waals surface area contributed by atoms with E-state index in [0.29, 0.717) is 22.2 Å². The molecule has 0 spiro atoms. The summed E-state index contributed by atoms with van der Waals surface area (Å²) in [5.41, 5.74) is 0.307. The van der Waals surface area contributed by atoms with Crippen LogP contribution in [0, 0.1) is 34.0 Å². The molecule has 1 heterocycles. The molecule has 0 unspecified atom stereocenters. The largest absolute Gasteiger partial charge is 0.351 e. The number of hydrogen-bond acceptors (Lipinski definition) is 5. The van der Waals surface area contributed by atoms with Gasteiger partial charge in [0, 0.05) is 17.0 Å². The van der Waals surface area contributed by atoms with Gasteiger partial charge in [-0.3, -0.25) is 9.59 Å². The van der Waals surface area contributed by atoms with Crippen molar-refractivity contribution in [2.24, 2.45) is 11.3 Å². The number of hydrogen-bond donors (Lipinski definition) is 2. The quantitative estimate of drug-likeness (QED) is 0.806. The summed E-state index contributed by atoms with van der Waals surface area (Å²) in [6.45, 7) is 3.72. The molecule has 1 aliphatic heterocycles. The first-order valence-electron chi connectivity index (χ1n) is 7.79. The van der Waals surface area contributed by atoms with E-state index in [1.807, 2.05) is 18.2 Å². The molecule has 1 atom stereocenters. The smallest absolute Gasteiger partial charge is 0.243 e. The third kappa shape index (κ3) is 4.37. The molecule has 8 heteroatoms. The molecule has 134 valence electrons. The second-order valence-electron chi connectivity index (χ2n) is 6.28. The van der Waals surface area contributed by atoms with Crippen LogP contribution in [0.5, 0.6) is 0 Å². The lowest BCUT2D eigenvalue weighted by Gasteiger charge is -2.34. The molecular formula is C18H17ClN4O2S. The van der Waals surface area contributed by atoms with Crippen LogP contribution < -0.4 is 10.6 Å². The molecule has 0 bridgehead atoms. The van der Waals surface area contributed by atoms with Crippen LogP contribution in [0.2, 0.25) is 5.02 Å². The zero-order valence-corrected chi connectivity index (χ0v) is 15.9. The van der Waals surface area contributed by atoms with Crippen LogP contribution in [-0.2, 0) is 16.1 Å².